The molecule has 2 aromatic carbocycles. The van der Waals surface area contributed by atoms with Crippen LogP contribution < -0.4 is 4.72 Å². The van der Waals surface area contributed by atoms with Gasteiger partial charge in [-0.2, -0.15) is 4.72 Å². The Labute approximate surface area is 185 Å². The molecule has 0 aliphatic heterocycles. The van der Waals surface area contributed by atoms with Crippen molar-refractivity contribution in [1.29, 1.82) is 0 Å². The maximum absolute atomic E-state index is 12.9. The number of sulfonamides is 1. The zero-order valence-corrected chi connectivity index (χ0v) is 18.2. The van der Waals surface area contributed by atoms with Crippen LogP contribution in [0.5, 0.6) is 0 Å². The minimum absolute atomic E-state index is 0.0657. The molecule has 1 atom stereocenters. The van der Waals surface area contributed by atoms with Crippen molar-refractivity contribution in [1.82, 2.24) is 19.7 Å². The second-order valence-electron chi connectivity index (χ2n) is 7.26. The van der Waals surface area contributed by atoms with Crippen LogP contribution in [0.4, 0.5) is 0 Å². The number of ether oxygens (including phenoxy) is 1. The molecule has 0 fully saturated rings. The summed E-state index contributed by atoms with van der Waals surface area (Å²) in [5.41, 5.74) is 4.22. The molecule has 4 rings (SSSR count). The van der Waals surface area contributed by atoms with Gasteiger partial charge < -0.3 is 9.72 Å². The minimum Gasteiger partial charge on any atom is -0.468 e. The maximum Gasteiger partial charge on any atom is 0.324 e. The maximum atomic E-state index is 12.9. The van der Waals surface area contributed by atoms with Crippen molar-refractivity contribution in [2.75, 3.05) is 7.11 Å². The van der Waals surface area contributed by atoms with E-state index in [2.05, 4.69) is 19.7 Å². The summed E-state index contributed by atoms with van der Waals surface area (Å²) in [4.78, 5) is 24.0. The average Bonchev–Trinajstić information content (AvgIpc) is 3.29. The van der Waals surface area contributed by atoms with Crippen LogP contribution in [0.3, 0.4) is 0 Å². The molecule has 0 saturated carbocycles. The van der Waals surface area contributed by atoms with Gasteiger partial charge in [0.15, 0.2) is 0 Å². The highest BCUT2D eigenvalue weighted by molar-refractivity contribution is 7.89. The van der Waals surface area contributed by atoms with Gasteiger partial charge in [0, 0.05) is 12.6 Å². The number of rotatable bonds is 8. The molecule has 0 aliphatic rings. The van der Waals surface area contributed by atoms with E-state index in [9.17, 15) is 13.2 Å². The Bertz CT molecular complexity index is 1320. The van der Waals surface area contributed by atoms with E-state index in [1.165, 1.54) is 19.2 Å². The van der Waals surface area contributed by atoms with Crippen LogP contribution in [0.25, 0.3) is 11.0 Å². The average molecular weight is 451 g/mol. The lowest BCUT2D eigenvalue weighted by Gasteiger charge is -2.17. The zero-order valence-electron chi connectivity index (χ0n) is 17.4. The molecule has 0 unspecified atom stereocenters. The normalized spacial score (nSPS) is 12.5. The monoisotopic (exact) mass is 450 g/mol. The number of fused-ring (bicyclic) bond motifs is 1. The number of hydrogen-bond acceptors (Lipinski definition) is 6. The van der Waals surface area contributed by atoms with Gasteiger partial charge in [-0.1, -0.05) is 42.5 Å². The number of H-pyrrole nitrogens is 1. The van der Waals surface area contributed by atoms with Gasteiger partial charge in [-0.05, 0) is 35.7 Å². The fraction of sp³-hybridized carbons (Fsp3) is 0.174. The van der Waals surface area contributed by atoms with E-state index in [1.807, 2.05) is 36.4 Å². The summed E-state index contributed by atoms with van der Waals surface area (Å²) >= 11 is 0. The summed E-state index contributed by atoms with van der Waals surface area (Å²) in [6, 6.07) is 16.4. The first-order chi connectivity index (χ1) is 15.5. The van der Waals surface area contributed by atoms with E-state index in [-0.39, 0.29) is 11.3 Å². The Balaban J connectivity index is 1.51. The van der Waals surface area contributed by atoms with Crippen molar-refractivity contribution in [3.8, 4) is 0 Å². The molecule has 164 valence electrons. The number of nitrogens with one attached hydrogen (secondary N) is 2. The smallest absolute Gasteiger partial charge is 0.324 e. The number of methoxy groups -OCH3 is 1. The van der Waals surface area contributed by atoms with Gasteiger partial charge in [-0.3, -0.25) is 9.78 Å². The summed E-state index contributed by atoms with van der Waals surface area (Å²) in [7, 11) is -2.70. The van der Waals surface area contributed by atoms with E-state index in [0.29, 0.717) is 6.42 Å². The van der Waals surface area contributed by atoms with Gasteiger partial charge in [0.25, 0.3) is 0 Å². The highest BCUT2D eigenvalue weighted by atomic mass is 32.2. The van der Waals surface area contributed by atoms with Crippen molar-refractivity contribution in [3.05, 3.63) is 90.0 Å². The molecule has 9 heteroatoms. The van der Waals surface area contributed by atoms with E-state index < -0.39 is 22.0 Å². The lowest BCUT2D eigenvalue weighted by atomic mass is 10.1. The number of benzene rings is 2. The summed E-state index contributed by atoms with van der Waals surface area (Å²) in [5.74, 6) is -0.646. The van der Waals surface area contributed by atoms with Gasteiger partial charge >= 0.3 is 5.97 Å². The number of carbonyl (C=O) groups excluding carboxylic acids is 1. The Morgan fingerprint density at radius 3 is 2.50 bits per heavy atom. The first kappa shape index (κ1) is 21.7. The lowest BCUT2D eigenvalue weighted by Crippen LogP contribution is -2.42. The van der Waals surface area contributed by atoms with Gasteiger partial charge in [0.2, 0.25) is 10.0 Å². The SMILES string of the molecule is COC(=O)[C@H](Cc1ccccc1)NS(=O)(=O)c1ccc(Cc2nccc3nc[nH]c23)cc1. The molecule has 0 amide bonds. The number of imidazole rings is 1. The van der Waals surface area contributed by atoms with Crippen molar-refractivity contribution in [2.24, 2.45) is 0 Å². The quantitative estimate of drug-likeness (QED) is 0.399. The lowest BCUT2D eigenvalue weighted by molar-refractivity contribution is -0.142. The third-order valence-corrected chi connectivity index (χ3v) is 6.58. The molecule has 0 saturated heterocycles. The van der Waals surface area contributed by atoms with E-state index in [4.69, 9.17) is 4.74 Å². The third kappa shape index (κ3) is 4.84. The number of pyridine rings is 1. The Hall–Kier alpha value is -3.56. The molecule has 2 aromatic heterocycles. The Kier molecular flexibility index (Phi) is 6.29. The minimum atomic E-state index is -3.93. The molecule has 0 aliphatic carbocycles. The fourth-order valence-electron chi connectivity index (χ4n) is 3.46. The number of aromatic amines is 1. The third-order valence-electron chi connectivity index (χ3n) is 5.09. The van der Waals surface area contributed by atoms with Crippen LogP contribution in [0.15, 0.2) is 78.1 Å². The first-order valence-electron chi connectivity index (χ1n) is 9.96. The number of aromatic nitrogens is 3. The second-order valence-corrected chi connectivity index (χ2v) is 8.98. The van der Waals surface area contributed by atoms with Gasteiger partial charge in [0.1, 0.15) is 6.04 Å². The van der Waals surface area contributed by atoms with Crippen LogP contribution in [-0.2, 0) is 32.4 Å². The predicted octanol–water partition coefficient (Wildman–Crippen LogP) is 2.61. The number of nitrogens with zero attached hydrogens (tertiary/aromatic N) is 2. The second kappa shape index (κ2) is 9.29. The van der Waals surface area contributed by atoms with Gasteiger partial charge in [-0.25, -0.2) is 13.4 Å². The molecular formula is C23H22N4O4S. The summed E-state index contributed by atoms with van der Waals surface area (Å²) in [6.07, 6.45) is 4.02. The van der Waals surface area contributed by atoms with E-state index in [1.54, 1.807) is 24.7 Å². The Morgan fingerprint density at radius 2 is 1.78 bits per heavy atom. The molecule has 0 bridgehead atoms. The van der Waals surface area contributed by atoms with Crippen LogP contribution >= 0.6 is 0 Å². The van der Waals surface area contributed by atoms with Crippen molar-refractivity contribution in [3.63, 3.8) is 0 Å². The molecule has 0 radical (unpaired) electrons. The zero-order chi connectivity index (χ0) is 22.6. The Morgan fingerprint density at radius 1 is 1.03 bits per heavy atom. The topological polar surface area (TPSA) is 114 Å². The van der Waals surface area contributed by atoms with Crippen LogP contribution in [-0.4, -0.2) is 42.5 Å². The van der Waals surface area contributed by atoms with Gasteiger partial charge in [-0.15, -0.1) is 0 Å². The van der Waals surface area contributed by atoms with E-state index >= 15 is 0 Å². The molecule has 0 spiro atoms. The molecular weight excluding hydrogens is 428 g/mol. The summed E-state index contributed by atoms with van der Waals surface area (Å²) in [6.45, 7) is 0. The van der Waals surface area contributed by atoms with Crippen LogP contribution in [0, 0.1) is 0 Å². The molecule has 2 heterocycles. The number of carbonyl (C=O) groups is 1. The first-order valence-corrected chi connectivity index (χ1v) is 11.4. The molecule has 4 aromatic rings. The van der Waals surface area contributed by atoms with Crippen LogP contribution in [0.1, 0.15) is 16.8 Å². The van der Waals surface area contributed by atoms with Gasteiger partial charge in [0.05, 0.1) is 35.1 Å². The highest BCUT2D eigenvalue weighted by Crippen LogP contribution is 2.18. The molecule has 8 nitrogen and oxygen atoms in total. The molecule has 32 heavy (non-hydrogen) atoms. The van der Waals surface area contributed by atoms with Crippen molar-refractivity contribution in [2.45, 2.75) is 23.8 Å². The summed E-state index contributed by atoms with van der Waals surface area (Å²) in [5, 5.41) is 0. The number of hydrogen-bond donors (Lipinski definition) is 2. The molecule has 2 N–H and O–H groups in total. The van der Waals surface area contributed by atoms with Crippen LogP contribution in [0.2, 0.25) is 0 Å². The summed E-state index contributed by atoms with van der Waals surface area (Å²) < 4.78 is 33.1. The highest BCUT2D eigenvalue weighted by Gasteiger charge is 2.26. The van der Waals surface area contributed by atoms with E-state index in [0.717, 1.165) is 27.9 Å². The van der Waals surface area contributed by atoms with Crippen molar-refractivity contribution < 1.29 is 17.9 Å². The number of esters is 1. The predicted molar refractivity (Wildman–Crippen MR) is 119 cm³/mol. The standard InChI is InChI=1S/C23H22N4O4S/c1-31-23(28)21(14-16-5-3-2-4-6-16)27-32(29,30)18-9-7-17(8-10-18)13-20-22-19(11-12-24-20)25-15-26-22/h2-12,15,21,27H,13-14H2,1H3,(H,25,26)/t21-/m0/s1. The largest absolute Gasteiger partial charge is 0.468 e. The van der Waals surface area contributed by atoms with Crippen molar-refractivity contribution >= 4 is 27.0 Å². The fourth-order valence-corrected chi connectivity index (χ4v) is 4.64.